The van der Waals surface area contributed by atoms with Crippen LogP contribution >= 0.6 is 0 Å². The van der Waals surface area contributed by atoms with E-state index in [4.69, 9.17) is 5.26 Å². The summed E-state index contributed by atoms with van der Waals surface area (Å²) in [5.74, 6) is 1.12. The highest BCUT2D eigenvalue weighted by atomic mass is 32.2. The zero-order valence-electron chi connectivity index (χ0n) is 13.9. The van der Waals surface area contributed by atoms with Crippen molar-refractivity contribution in [2.75, 3.05) is 11.5 Å². The molecular weight excluding hydrogens is 336 g/mol. The van der Waals surface area contributed by atoms with Gasteiger partial charge in [-0.05, 0) is 30.9 Å². The number of fused-ring (bicyclic) bond motifs is 1. The summed E-state index contributed by atoms with van der Waals surface area (Å²) >= 11 is 0. The molecule has 2 aromatic rings. The number of aromatic nitrogens is 2. The number of hydrogen-bond donors (Lipinski definition) is 0. The first-order valence-corrected chi connectivity index (χ1v) is 10.3. The second kappa shape index (κ2) is 7.25. The van der Waals surface area contributed by atoms with Crippen molar-refractivity contribution in [1.82, 2.24) is 9.55 Å². The van der Waals surface area contributed by atoms with Crippen LogP contribution in [0.1, 0.15) is 25.1 Å². The molecule has 2 heterocycles. The molecule has 1 aliphatic heterocycles. The van der Waals surface area contributed by atoms with Crippen molar-refractivity contribution in [1.29, 1.82) is 10.5 Å². The minimum absolute atomic E-state index is 0.0835. The smallest absolute Gasteiger partial charge is 0.150 e. The quantitative estimate of drug-likeness (QED) is 0.791. The van der Waals surface area contributed by atoms with Gasteiger partial charge in [0.05, 0.1) is 40.6 Å². The van der Waals surface area contributed by atoms with E-state index < -0.39 is 9.84 Å². The Kier molecular flexibility index (Phi) is 5.06. The fourth-order valence-electron chi connectivity index (χ4n) is 3.43. The molecule has 0 saturated carbocycles. The average Bonchev–Trinajstić information content (AvgIpc) is 3.11. The van der Waals surface area contributed by atoms with Crippen LogP contribution in [-0.2, 0) is 22.8 Å². The summed E-state index contributed by atoms with van der Waals surface area (Å²) in [7, 11) is -2.92. The van der Waals surface area contributed by atoms with Gasteiger partial charge in [-0.25, -0.2) is 13.4 Å². The van der Waals surface area contributed by atoms with Crippen molar-refractivity contribution < 1.29 is 8.42 Å². The lowest BCUT2D eigenvalue weighted by atomic mass is 10.0. The topological polar surface area (TPSA) is 99.5 Å². The van der Waals surface area contributed by atoms with Crippen molar-refractivity contribution in [3.8, 4) is 12.1 Å². The monoisotopic (exact) mass is 356 g/mol. The summed E-state index contributed by atoms with van der Waals surface area (Å²) in [5, 5.41) is 18.2. The minimum Gasteiger partial charge on any atom is -0.327 e. The van der Waals surface area contributed by atoms with E-state index in [1.165, 1.54) is 0 Å². The summed E-state index contributed by atoms with van der Waals surface area (Å²) < 4.78 is 25.5. The Labute approximate surface area is 147 Å². The lowest BCUT2D eigenvalue weighted by molar-refractivity contribution is 0.485. The fourth-order valence-corrected chi connectivity index (χ4v) is 5.29. The van der Waals surface area contributed by atoms with Crippen LogP contribution in [0, 0.1) is 34.5 Å². The van der Waals surface area contributed by atoms with Gasteiger partial charge in [0.2, 0.25) is 0 Å². The molecule has 1 aromatic carbocycles. The minimum atomic E-state index is -2.92. The first-order valence-electron chi connectivity index (χ1n) is 8.43. The fraction of sp³-hybridized carbons (Fsp3) is 0.500. The number of rotatable bonds is 6. The van der Waals surface area contributed by atoms with E-state index in [2.05, 4.69) is 17.1 Å². The Morgan fingerprint density at radius 3 is 2.80 bits per heavy atom. The van der Waals surface area contributed by atoms with Crippen LogP contribution in [0.25, 0.3) is 11.0 Å². The molecule has 0 aliphatic carbocycles. The van der Waals surface area contributed by atoms with Gasteiger partial charge in [-0.15, -0.1) is 0 Å². The van der Waals surface area contributed by atoms with Gasteiger partial charge < -0.3 is 4.57 Å². The summed E-state index contributed by atoms with van der Waals surface area (Å²) in [6, 6.07) is 12.1. The molecule has 1 aliphatic rings. The molecule has 3 rings (SSSR count). The van der Waals surface area contributed by atoms with E-state index in [9.17, 15) is 13.7 Å². The van der Waals surface area contributed by atoms with Gasteiger partial charge in [-0.2, -0.15) is 10.5 Å². The summed E-state index contributed by atoms with van der Waals surface area (Å²) in [4.78, 5) is 4.69. The molecule has 0 spiro atoms. The second-order valence-corrected chi connectivity index (χ2v) is 8.85. The number of nitriles is 2. The zero-order chi connectivity index (χ0) is 17.9. The van der Waals surface area contributed by atoms with Crippen LogP contribution in [-0.4, -0.2) is 29.5 Å². The zero-order valence-corrected chi connectivity index (χ0v) is 14.7. The van der Waals surface area contributed by atoms with Gasteiger partial charge in [0.25, 0.3) is 0 Å². The molecule has 0 amide bonds. The van der Waals surface area contributed by atoms with E-state index >= 15 is 0 Å². The van der Waals surface area contributed by atoms with Crippen LogP contribution < -0.4 is 0 Å². The lowest BCUT2D eigenvalue weighted by Crippen LogP contribution is -2.15. The van der Waals surface area contributed by atoms with Crippen molar-refractivity contribution in [3.63, 3.8) is 0 Å². The van der Waals surface area contributed by atoms with Crippen molar-refractivity contribution >= 4 is 20.9 Å². The van der Waals surface area contributed by atoms with E-state index in [0.29, 0.717) is 32.2 Å². The van der Waals surface area contributed by atoms with Gasteiger partial charge in [0.1, 0.15) is 5.82 Å². The third-order valence-corrected chi connectivity index (χ3v) is 6.56. The number of hydrogen-bond acceptors (Lipinski definition) is 5. The van der Waals surface area contributed by atoms with Gasteiger partial charge in [-0.1, -0.05) is 12.1 Å². The number of imidazole rings is 1. The van der Waals surface area contributed by atoms with Crippen molar-refractivity contribution in [2.24, 2.45) is 11.8 Å². The molecule has 0 unspecified atom stereocenters. The predicted molar refractivity (Wildman–Crippen MR) is 94.1 cm³/mol. The molecule has 0 N–H and O–H groups in total. The van der Waals surface area contributed by atoms with Crippen LogP contribution in [0.15, 0.2) is 24.3 Å². The summed E-state index contributed by atoms with van der Waals surface area (Å²) in [5.41, 5.74) is 1.81. The number of benzene rings is 1. The molecule has 1 aromatic heterocycles. The second-order valence-electron chi connectivity index (χ2n) is 6.62. The highest BCUT2D eigenvalue weighted by Gasteiger charge is 2.29. The van der Waals surface area contributed by atoms with E-state index in [1.54, 1.807) is 0 Å². The molecular formula is C18H20N4O2S. The van der Waals surface area contributed by atoms with Crippen LogP contribution in [0.2, 0.25) is 0 Å². The molecule has 0 radical (unpaired) electrons. The third-order valence-electron chi connectivity index (χ3n) is 4.72. The molecule has 1 saturated heterocycles. The van der Waals surface area contributed by atoms with Crippen molar-refractivity contribution in [2.45, 2.75) is 32.2 Å². The predicted octanol–water partition coefficient (Wildman–Crippen LogP) is 2.46. The number of para-hydroxylation sites is 2. The summed E-state index contributed by atoms with van der Waals surface area (Å²) in [6.45, 7) is 0.480. The maximum Gasteiger partial charge on any atom is 0.150 e. The van der Waals surface area contributed by atoms with E-state index in [0.717, 1.165) is 16.9 Å². The summed E-state index contributed by atoms with van der Waals surface area (Å²) in [6.07, 6.45) is 2.14. The molecule has 130 valence electrons. The van der Waals surface area contributed by atoms with Gasteiger partial charge in [0.15, 0.2) is 9.84 Å². The first-order chi connectivity index (χ1) is 12.0. The molecule has 1 fully saturated rings. The van der Waals surface area contributed by atoms with Crippen LogP contribution in [0.3, 0.4) is 0 Å². The third kappa shape index (κ3) is 4.00. The molecule has 6 nitrogen and oxygen atoms in total. The molecule has 7 heteroatoms. The Bertz CT molecular complexity index is 950. The van der Waals surface area contributed by atoms with Gasteiger partial charge in [0, 0.05) is 19.4 Å². The molecule has 2 atom stereocenters. The highest BCUT2D eigenvalue weighted by molar-refractivity contribution is 7.91. The SMILES string of the molecule is N#CCC[C@@H](C#N)Cn1c(C[C@@H]2CCS(=O)(=O)C2)nc2ccccc21. The number of sulfone groups is 1. The number of nitrogens with zero attached hydrogens (tertiary/aromatic N) is 4. The van der Waals surface area contributed by atoms with Crippen LogP contribution in [0.4, 0.5) is 0 Å². The van der Waals surface area contributed by atoms with Crippen LogP contribution in [0.5, 0.6) is 0 Å². The standard InChI is InChI=1S/C18H20N4O2S/c19-8-3-4-15(11-20)12-22-17-6-2-1-5-16(17)21-18(22)10-14-7-9-25(23,24)13-14/h1-2,5-6,14-15H,3-4,7,9-10,12-13H2/t14-,15-/m0/s1. The Morgan fingerprint density at radius 1 is 1.32 bits per heavy atom. The maximum absolute atomic E-state index is 11.7. The Morgan fingerprint density at radius 2 is 2.12 bits per heavy atom. The maximum atomic E-state index is 11.7. The average molecular weight is 356 g/mol. The largest absolute Gasteiger partial charge is 0.327 e. The van der Waals surface area contributed by atoms with Crippen molar-refractivity contribution in [3.05, 3.63) is 30.1 Å². The lowest BCUT2D eigenvalue weighted by Gasteiger charge is -2.14. The Balaban J connectivity index is 1.89. The van der Waals surface area contributed by atoms with E-state index in [-0.39, 0.29) is 23.3 Å². The Hall–Kier alpha value is -2.38. The van der Waals surface area contributed by atoms with E-state index in [1.807, 2.05) is 28.8 Å². The van der Waals surface area contributed by atoms with Gasteiger partial charge >= 0.3 is 0 Å². The highest BCUT2D eigenvalue weighted by Crippen LogP contribution is 2.26. The normalized spacial score (nSPS) is 20.2. The molecule has 25 heavy (non-hydrogen) atoms. The molecule has 0 bridgehead atoms. The van der Waals surface area contributed by atoms with Gasteiger partial charge in [-0.3, -0.25) is 0 Å². The first kappa shape index (κ1) is 17.4.